The molecule has 10 heavy (non-hydrogen) atoms. The van der Waals surface area contributed by atoms with Crippen molar-refractivity contribution in [2.75, 3.05) is 19.7 Å². The first-order chi connectivity index (χ1) is 4.21. The molecule has 0 unspecified atom stereocenters. The summed E-state index contributed by atoms with van der Waals surface area (Å²) in [4.78, 5) is 0. The first kappa shape index (κ1) is 10.1. The smallest absolute Gasteiger partial charge is 0.248 e. The van der Waals surface area contributed by atoms with Crippen LogP contribution in [0.5, 0.6) is 0 Å². The van der Waals surface area contributed by atoms with Crippen LogP contribution in [0.3, 0.4) is 0 Å². The van der Waals surface area contributed by atoms with E-state index in [1.54, 1.807) is 0 Å². The fourth-order valence-corrected chi connectivity index (χ4v) is 0.781. The molecule has 0 aromatic carbocycles. The largest absolute Gasteiger partial charge is 0.395 e. The van der Waals surface area contributed by atoms with Gasteiger partial charge in [-0.3, -0.25) is 0 Å². The van der Waals surface area contributed by atoms with E-state index in [1.807, 2.05) is 0 Å². The van der Waals surface area contributed by atoms with Crippen LogP contribution >= 0.6 is 12.4 Å². The maximum atomic E-state index is 11.9. The van der Waals surface area contributed by atoms with E-state index < -0.39 is 18.4 Å². The van der Waals surface area contributed by atoms with E-state index in [4.69, 9.17) is 5.11 Å². The van der Waals surface area contributed by atoms with Crippen LogP contribution in [0.15, 0.2) is 0 Å². The number of aliphatic hydroxyl groups excluding tert-OH is 1. The summed E-state index contributed by atoms with van der Waals surface area (Å²) in [6.45, 7) is 0.0556. The fraction of sp³-hybridized carbons (Fsp3) is 1.00. The van der Waals surface area contributed by atoms with Gasteiger partial charge in [0.15, 0.2) is 0 Å². The molecule has 0 aromatic rings. The van der Waals surface area contributed by atoms with Crippen LogP contribution in [-0.4, -0.2) is 31.2 Å². The Labute approximate surface area is 64.0 Å². The second kappa shape index (κ2) is 3.46. The maximum Gasteiger partial charge on any atom is 0.248 e. The van der Waals surface area contributed by atoms with Crippen LogP contribution in [0.2, 0.25) is 0 Å². The minimum Gasteiger partial charge on any atom is -0.395 e. The van der Waals surface area contributed by atoms with Gasteiger partial charge in [-0.1, -0.05) is 0 Å². The highest BCUT2D eigenvalue weighted by atomic mass is 35.5. The minimum absolute atomic E-state index is 0. The van der Waals surface area contributed by atoms with Crippen molar-refractivity contribution in [2.24, 2.45) is 5.41 Å². The lowest BCUT2D eigenvalue weighted by atomic mass is 9.83. The summed E-state index contributed by atoms with van der Waals surface area (Å²) in [7, 11) is 0. The van der Waals surface area contributed by atoms with Crippen LogP contribution in [0.4, 0.5) is 8.78 Å². The molecule has 0 saturated carbocycles. The van der Waals surface area contributed by atoms with Crippen LogP contribution in [-0.2, 0) is 0 Å². The van der Waals surface area contributed by atoms with Gasteiger partial charge in [0, 0.05) is 13.1 Å². The zero-order valence-corrected chi connectivity index (χ0v) is 6.13. The molecule has 1 fully saturated rings. The van der Waals surface area contributed by atoms with Crippen molar-refractivity contribution in [1.82, 2.24) is 5.32 Å². The summed E-state index contributed by atoms with van der Waals surface area (Å²) in [5, 5.41) is 11.2. The lowest BCUT2D eigenvalue weighted by Crippen LogP contribution is -2.59. The lowest BCUT2D eigenvalue weighted by Gasteiger charge is -2.39. The van der Waals surface area contributed by atoms with Crippen molar-refractivity contribution in [2.45, 2.75) is 6.43 Å². The van der Waals surface area contributed by atoms with E-state index in [9.17, 15) is 8.78 Å². The second-order valence-corrected chi connectivity index (χ2v) is 2.42. The van der Waals surface area contributed by atoms with E-state index in [-0.39, 0.29) is 25.5 Å². The van der Waals surface area contributed by atoms with Gasteiger partial charge in [-0.15, -0.1) is 12.4 Å². The van der Waals surface area contributed by atoms with Gasteiger partial charge >= 0.3 is 0 Å². The summed E-state index contributed by atoms with van der Waals surface area (Å²) < 4.78 is 23.9. The van der Waals surface area contributed by atoms with E-state index in [1.165, 1.54) is 0 Å². The number of aliphatic hydroxyl groups is 1. The van der Waals surface area contributed by atoms with Gasteiger partial charge in [0.25, 0.3) is 0 Å². The molecule has 0 bridgehead atoms. The molecule has 0 radical (unpaired) electrons. The van der Waals surface area contributed by atoms with Crippen molar-refractivity contribution in [3.05, 3.63) is 0 Å². The number of nitrogens with one attached hydrogen (secondary N) is 1. The molecule has 1 heterocycles. The molecule has 1 aliphatic rings. The first-order valence-corrected chi connectivity index (χ1v) is 2.81. The van der Waals surface area contributed by atoms with Crippen molar-refractivity contribution < 1.29 is 13.9 Å². The molecule has 1 rings (SSSR count). The highest BCUT2D eigenvalue weighted by Gasteiger charge is 2.44. The summed E-state index contributed by atoms with van der Waals surface area (Å²) in [6, 6.07) is 0. The Morgan fingerprint density at radius 3 is 2.00 bits per heavy atom. The van der Waals surface area contributed by atoms with E-state index in [0.717, 1.165) is 0 Å². The van der Waals surface area contributed by atoms with E-state index in [2.05, 4.69) is 5.32 Å². The van der Waals surface area contributed by atoms with Crippen molar-refractivity contribution in [3.8, 4) is 0 Å². The minimum atomic E-state index is -2.40. The van der Waals surface area contributed by atoms with E-state index >= 15 is 0 Å². The molecule has 2 N–H and O–H groups in total. The number of hydrogen-bond donors (Lipinski definition) is 2. The average molecular weight is 174 g/mol. The molecule has 0 aliphatic carbocycles. The Kier molecular flexibility index (Phi) is 3.48. The third-order valence-corrected chi connectivity index (χ3v) is 1.73. The zero-order valence-electron chi connectivity index (χ0n) is 5.31. The molecule has 0 aromatic heterocycles. The molecule has 5 heteroatoms. The second-order valence-electron chi connectivity index (χ2n) is 2.42. The highest BCUT2D eigenvalue weighted by Crippen LogP contribution is 2.29. The molecule has 1 saturated heterocycles. The van der Waals surface area contributed by atoms with Crippen LogP contribution < -0.4 is 5.32 Å². The Balaban J connectivity index is 0.000000810. The Morgan fingerprint density at radius 2 is 2.00 bits per heavy atom. The summed E-state index contributed by atoms with van der Waals surface area (Å²) in [6.07, 6.45) is -2.40. The standard InChI is InChI=1S/C5H9F2NO.ClH/c6-4(7)5(3-9)1-8-2-5;/h4,8-9H,1-3H2;1H. The monoisotopic (exact) mass is 173 g/mol. The van der Waals surface area contributed by atoms with Crippen LogP contribution in [0, 0.1) is 5.41 Å². The zero-order chi connectivity index (χ0) is 6.91. The quantitative estimate of drug-likeness (QED) is 0.628. The normalized spacial score (nSPS) is 21.6. The lowest BCUT2D eigenvalue weighted by molar-refractivity contribution is -0.0744. The van der Waals surface area contributed by atoms with Crippen molar-refractivity contribution in [1.29, 1.82) is 0 Å². The molecule has 2 nitrogen and oxygen atoms in total. The fourth-order valence-electron chi connectivity index (χ4n) is 0.781. The third-order valence-electron chi connectivity index (χ3n) is 1.73. The molecule has 0 atom stereocenters. The number of halogens is 3. The van der Waals surface area contributed by atoms with Crippen LogP contribution in [0.1, 0.15) is 0 Å². The number of hydrogen-bond acceptors (Lipinski definition) is 2. The van der Waals surface area contributed by atoms with Gasteiger partial charge in [-0.05, 0) is 0 Å². The van der Waals surface area contributed by atoms with Gasteiger partial charge in [0.2, 0.25) is 6.43 Å². The van der Waals surface area contributed by atoms with Crippen molar-refractivity contribution >= 4 is 12.4 Å². The predicted molar refractivity (Wildman–Crippen MR) is 35.6 cm³/mol. The molecular weight excluding hydrogens is 164 g/mol. The van der Waals surface area contributed by atoms with Crippen molar-refractivity contribution in [3.63, 3.8) is 0 Å². The summed E-state index contributed by atoms with van der Waals surface area (Å²) in [5.74, 6) is 0. The highest BCUT2D eigenvalue weighted by molar-refractivity contribution is 5.85. The Hall–Kier alpha value is 0.0700. The SMILES string of the molecule is Cl.OCC1(C(F)F)CNC1. The molecule has 0 spiro atoms. The maximum absolute atomic E-state index is 11.9. The molecular formula is C5H10ClF2NO. The first-order valence-electron chi connectivity index (χ1n) is 2.81. The molecule has 0 amide bonds. The van der Waals surface area contributed by atoms with Gasteiger partial charge in [-0.25, -0.2) is 8.78 Å². The topological polar surface area (TPSA) is 32.3 Å². The molecule has 62 valence electrons. The Bertz CT molecular complexity index is 102. The van der Waals surface area contributed by atoms with Crippen LogP contribution in [0.25, 0.3) is 0 Å². The average Bonchev–Trinajstić information content (AvgIpc) is 1.62. The third kappa shape index (κ3) is 1.38. The van der Waals surface area contributed by atoms with Gasteiger partial charge in [-0.2, -0.15) is 0 Å². The number of alkyl halides is 2. The Morgan fingerprint density at radius 1 is 1.50 bits per heavy atom. The predicted octanol–water partition coefficient (Wildman–Crippen LogP) is 0.255. The van der Waals surface area contributed by atoms with E-state index in [0.29, 0.717) is 0 Å². The number of rotatable bonds is 2. The van der Waals surface area contributed by atoms with Gasteiger partial charge < -0.3 is 10.4 Å². The summed E-state index contributed by atoms with van der Waals surface area (Å²) >= 11 is 0. The van der Waals surface area contributed by atoms with Gasteiger partial charge in [0.1, 0.15) is 0 Å². The molecule has 1 aliphatic heterocycles. The summed E-state index contributed by atoms with van der Waals surface area (Å²) in [5.41, 5.74) is -1.12. The van der Waals surface area contributed by atoms with Gasteiger partial charge in [0.05, 0.1) is 12.0 Å².